The largest absolute Gasteiger partial charge is 0.360 e. The highest BCUT2D eigenvalue weighted by molar-refractivity contribution is 7.09. The molecule has 6 nitrogen and oxygen atoms in total. The Morgan fingerprint density at radius 3 is 3.29 bits per heavy atom. The van der Waals surface area contributed by atoms with Crippen LogP contribution < -0.4 is 5.73 Å². The van der Waals surface area contributed by atoms with E-state index in [-0.39, 0.29) is 5.91 Å². The Bertz CT molecular complexity index is 453. The molecule has 0 aromatic carbocycles. The van der Waals surface area contributed by atoms with Crippen LogP contribution in [0.5, 0.6) is 0 Å². The molecule has 2 rings (SSSR count). The number of nitriles is 1. The summed E-state index contributed by atoms with van der Waals surface area (Å²) < 4.78 is 5.18. The van der Waals surface area contributed by atoms with Crippen molar-refractivity contribution in [2.45, 2.75) is 12.6 Å². The molecule has 1 aromatic rings. The maximum Gasteiger partial charge on any atom is 0.273 e. The van der Waals surface area contributed by atoms with Crippen LogP contribution in [0.4, 0.5) is 0 Å². The van der Waals surface area contributed by atoms with Crippen molar-refractivity contribution in [1.29, 1.82) is 5.26 Å². The van der Waals surface area contributed by atoms with Gasteiger partial charge in [0, 0.05) is 18.5 Å². The highest BCUT2D eigenvalue weighted by Crippen LogP contribution is 2.13. The third kappa shape index (κ3) is 2.61. The zero-order valence-electron chi connectivity index (χ0n) is 9.13. The third-order valence-electron chi connectivity index (χ3n) is 2.44. The van der Waals surface area contributed by atoms with E-state index in [2.05, 4.69) is 4.98 Å². The number of nitrogens with two attached hydrogens (primary N) is 1. The maximum absolute atomic E-state index is 12.1. The molecule has 1 aliphatic rings. The van der Waals surface area contributed by atoms with Gasteiger partial charge in [-0.1, -0.05) is 0 Å². The minimum absolute atomic E-state index is 0.162. The number of hydrogen-bond acceptors (Lipinski definition) is 6. The van der Waals surface area contributed by atoms with E-state index in [1.165, 1.54) is 11.3 Å². The van der Waals surface area contributed by atoms with Gasteiger partial charge in [0.2, 0.25) is 0 Å². The molecular formula is C10H12N4O2S. The fourth-order valence-corrected chi connectivity index (χ4v) is 2.23. The first kappa shape index (κ1) is 12.0. The van der Waals surface area contributed by atoms with E-state index in [0.29, 0.717) is 31.9 Å². The molecule has 1 aromatic heterocycles. The highest BCUT2D eigenvalue weighted by Gasteiger charge is 2.26. The Morgan fingerprint density at radius 1 is 1.82 bits per heavy atom. The van der Waals surface area contributed by atoms with Crippen LogP contribution in [0, 0.1) is 11.3 Å². The Hall–Kier alpha value is -1.49. The van der Waals surface area contributed by atoms with Crippen LogP contribution in [0.25, 0.3) is 0 Å². The molecule has 0 radical (unpaired) electrons. The van der Waals surface area contributed by atoms with E-state index in [9.17, 15) is 4.79 Å². The zero-order valence-corrected chi connectivity index (χ0v) is 9.94. The molecule has 1 unspecified atom stereocenters. The third-order valence-corrected chi connectivity index (χ3v) is 3.31. The summed E-state index contributed by atoms with van der Waals surface area (Å²) in [5.74, 6) is -0.162. The van der Waals surface area contributed by atoms with Crippen molar-refractivity contribution < 1.29 is 9.53 Å². The number of nitrogens with zero attached hydrogens (tertiary/aromatic N) is 3. The molecule has 1 fully saturated rings. The van der Waals surface area contributed by atoms with Gasteiger partial charge in [-0.05, 0) is 0 Å². The lowest BCUT2D eigenvalue weighted by molar-refractivity contribution is 0.00323. The minimum Gasteiger partial charge on any atom is -0.360 e. The van der Waals surface area contributed by atoms with Gasteiger partial charge in [0.05, 0.1) is 19.2 Å². The quantitative estimate of drug-likeness (QED) is 0.797. The second-order valence-corrected chi connectivity index (χ2v) is 4.51. The molecule has 90 valence electrons. The second-order valence-electron chi connectivity index (χ2n) is 3.57. The first-order valence-corrected chi connectivity index (χ1v) is 6.07. The predicted molar refractivity (Wildman–Crippen MR) is 61.3 cm³/mol. The van der Waals surface area contributed by atoms with Crippen LogP contribution in [0.1, 0.15) is 15.5 Å². The Balaban J connectivity index is 2.07. The molecule has 0 aliphatic carbocycles. The normalized spacial score (nSPS) is 20.0. The Labute approximate surface area is 103 Å². The van der Waals surface area contributed by atoms with Crippen LogP contribution in [0.3, 0.4) is 0 Å². The maximum atomic E-state index is 12.1. The lowest BCUT2D eigenvalue weighted by atomic mass is 10.2. The summed E-state index contributed by atoms with van der Waals surface area (Å²) in [5, 5.41) is 11.2. The van der Waals surface area contributed by atoms with Gasteiger partial charge in [0.15, 0.2) is 6.10 Å². The van der Waals surface area contributed by atoms with E-state index in [4.69, 9.17) is 15.7 Å². The lowest BCUT2D eigenvalue weighted by Gasteiger charge is -2.29. The monoisotopic (exact) mass is 252 g/mol. The Morgan fingerprint density at radius 2 is 2.65 bits per heavy atom. The number of ether oxygens (including phenoxy) is 1. The van der Waals surface area contributed by atoms with Gasteiger partial charge in [0.25, 0.3) is 5.91 Å². The average molecular weight is 252 g/mol. The van der Waals surface area contributed by atoms with Crippen LogP contribution in [0.2, 0.25) is 0 Å². The fourth-order valence-electron chi connectivity index (χ4n) is 1.58. The van der Waals surface area contributed by atoms with Gasteiger partial charge in [0.1, 0.15) is 10.7 Å². The van der Waals surface area contributed by atoms with Gasteiger partial charge < -0.3 is 15.4 Å². The standard InChI is InChI=1S/C10H12N4O2S/c11-3-7-5-14(1-2-16-7)10(15)8-6-17-9(4-12)13-8/h6-7H,1-2,4-5,12H2. The van der Waals surface area contributed by atoms with E-state index in [0.717, 1.165) is 5.01 Å². The van der Waals surface area contributed by atoms with Gasteiger partial charge in [-0.2, -0.15) is 5.26 Å². The highest BCUT2D eigenvalue weighted by atomic mass is 32.1. The summed E-state index contributed by atoms with van der Waals surface area (Å²) >= 11 is 1.37. The van der Waals surface area contributed by atoms with Crippen molar-refractivity contribution in [2.75, 3.05) is 19.7 Å². The van der Waals surface area contributed by atoms with E-state index < -0.39 is 6.10 Å². The first-order valence-electron chi connectivity index (χ1n) is 5.19. The van der Waals surface area contributed by atoms with Gasteiger partial charge in [-0.25, -0.2) is 4.98 Å². The van der Waals surface area contributed by atoms with Crippen molar-refractivity contribution in [3.8, 4) is 6.07 Å². The molecule has 1 atom stereocenters. The van der Waals surface area contributed by atoms with Crippen molar-refractivity contribution in [3.05, 3.63) is 16.1 Å². The van der Waals surface area contributed by atoms with Gasteiger partial charge in [-0.15, -0.1) is 11.3 Å². The topological polar surface area (TPSA) is 92.2 Å². The molecule has 2 N–H and O–H groups in total. The molecule has 1 amide bonds. The Kier molecular flexibility index (Phi) is 3.68. The second kappa shape index (κ2) is 5.23. The summed E-state index contributed by atoms with van der Waals surface area (Å²) in [6.45, 7) is 1.51. The number of rotatable bonds is 2. The summed E-state index contributed by atoms with van der Waals surface area (Å²) in [7, 11) is 0. The number of hydrogen-bond donors (Lipinski definition) is 1. The van der Waals surface area contributed by atoms with Crippen molar-refractivity contribution in [1.82, 2.24) is 9.88 Å². The smallest absolute Gasteiger partial charge is 0.273 e. The molecule has 0 bridgehead atoms. The van der Waals surface area contributed by atoms with Crippen LogP contribution in [-0.4, -0.2) is 41.6 Å². The summed E-state index contributed by atoms with van der Waals surface area (Å²) in [5.41, 5.74) is 5.84. The van der Waals surface area contributed by atoms with E-state index in [1.54, 1.807) is 10.3 Å². The molecule has 1 aliphatic heterocycles. The average Bonchev–Trinajstić information content (AvgIpc) is 2.86. The zero-order chi connectivity index (χ0) is 12.3. The van der Waals surface area contributed by atoms with Crippen LogP contribution in [-0.2, 0) is 11.3 Å². The van der Waals surface area contributed by atoms with E-state index >= 15 is 0 Å². The molecule has 17 heavy (non-hydrogen) atoms. The van der Waals surface area contributed by atoms with Crippen molar-refractivity contribution in [2.24, 2.45) is 5.73 Å². The van der Waals surface area contributed by atoms with Gasteiger partial charge >= 0.3 is 0 Å². The number of carbonyl (C=O) groups excluding carboxylic acids is 1. The lowest BCUT2D eigenvalue weighted by Crippen LogP contribution is -2.45. The molecule has 2 heterocycles. The number of morpholine rings is 1. The fraction of sp³-hybridized carbons (Fsp3) is 0.500. The number of carbonyl (C=O) groups is 1. The molecule has 0 spiro atoms. The predicted octanol–water partition coefficient (Wildman–Crippen LogP) is -0.0336. The summed E-state index contributed by atoms with van der Waals surface area (Å²) in [6.07, 6.45) is -0.541. The van der Waals surface area contributed by atoms with Gasteiger partial charge in [-0.3, -0.25) is 4.79 Å². The number of amides is 1. The van der Waals surface area contributed by atoms with Crippen molar-refractivity contribution >= 4 is 17.2 Å². The SMILES string of the molecule is N#CC1CN(C(=O)c2csc(CN)n2)CCO1. The molecule has 0 saturated carbocycles. The van der Waals surface area contributed by atoms with Crippen molar-refractivity contribution in [3.63, 3.8) is 0 Å². The molecular weight excluding hydrogens is 240 g/mol. The summed E-state index contributed by atoms with van der Waals surface area (Å²) in [6, 6.07) is 2.00. The minimum atomic E-state index is -0.541. The number of aromatic nitrogens is 1. The first-order chi connectivity index (χ1) is 8.24. The van der Waals surface area contributed by atoms with Crippen LogP contribution in [0.15, 0.2) is 5.38 Å². The molecule has 1 saturated heterocycles. The number of thiazole rings is 1. The summed E-state index contributed by atoms with van der Waals surface area (Å²) in [4.78, 5) is 17.8. The van der Waals surface area contributed by atoms with E-state index in [1.807, 2.05) is 6.07 Å². The van der Waals surface area contributed by atoms with Crippen LogP contribution >= 0.6 is 11.3 Å². The molecule has 7 heteroatoms.